The molecule has 0 spiro atoms. The Labute approximate surface area is 159 Å². The van der Waals surface area contributed by atoms with E-state index >= 15 is 0 Å². The highest BCUT2D eigenvalue weighted by Gasteiger charge is 2.15. The molecule has 0 saturated heterocycles. The summed E-state index contributed by atoms with van der Waals surface area (Å²) in [7, 11) is -3.80. The fourth-order valence-electron chi connectivity index (χ4n) is 1.90. The van der Waals surface area contributed by atoms with Crippen LogP contribution in [0.4, 0.5) is 10.5 Å². The molecule has 0 aliphatic rings. The van der Waals surface area contributed by atoms with Gasteiger partial charge in [-0.15, -0.1) is 0 Å². The predicted octanol–water partition coefficient (Wildman–Crippen LogP) is 2.64. The van der Waals surface area contributed by atoms with E-state index in [0.717, 1.165) is 4.47 Å². The molecule has 0 fully saturated rings. The Kier molecular flexibility index (Phi) is 6.58. The van der Waals surface area contributed by atoms with Crippen LogP contribution in [-0.2, 0) is 14.8 Å². The zero-order valence-corrected chi connectivity index (χ0v) is 16.1. The summed E-state index contributed by atoms with van der Waals surface area (Å²) in [6, 6.07) is 12.0. The molecule has 8 nitrogen and oxygen atoms in total. The molecule has 2 amide bonds. The van der Waals surface area contributed by atoms with Gasteiger partial charge in [-0.05, 0) is 49.4 Å². The first kappa shape index (κ1) is 19.7. The summed E-state index contributed by atoms with van der Waals surface area (Å²) in [5.41, 5.74) is 4.60. The van der Waals surface area contributed by atoms with Crippen LogP contribution in [0.2, 0.25) is 0 Å². The Bertz CT molecular complexity index is 900. The van der Waals surface area contributed by atoms with Crippen molar-refractivity contribution >= 4 is 43.6 Å². The summed E-state index contributed by atoms with van der Waals surface area (Å²) in [5.74, 6) is -0.622. The minimum Gasteiger partial charge on any atom is -0.449 e. The summed E-state index contributed by atoms with van der Waals surface area (Å²) >= 11 is 3.24. The number of hydrogen-bond acceptors (Lipinski definition) is 5. The van der Waals surface area contributed by atoms with E-state index in [-0.39, 0.29) is 22.8 Å². The minimum atomic E-state index is -3.80. The van der Waals surface area contributed by atoms with Crippen LogP contribution in [-0.4, -0.2) is 27.0 Å². The molecule has 26 heavy (non-hydrogen) atoms. The third kappa shape index (κ3) is 5.46. The Morgan fingerprint density at radius 2 is 1.77 bits per heavy atom. The van der Waals surface area contributed by atoms with Crippen molar-refractivity contribution in [1.29, 1.82) is 0 Å². The van der Waals surface area contributed by atoms with Gasteiger partial charge < -0.3 is 4.74 Å². The van der Waals surface area contributed by atoms with Crippen molar-refractivity contribution in [2.75, 3.05) is 11.3 Å². The second kappa shape index (κ2) is 8.68. The number of carbonyl (C=O) groups excluding carboxylic acids is 2. The van der Waals surface area contributed by atoms with Crippen LogP contribution >= 0.6 is 15.9 Å². The van der Waals surface area contributed by atoms with Gasteiger partial charge in [-0.1, -0.05) is 22.0 Å². The summed E-state index contributed by atoms with van der Waals surface area (Å²) in [6.45, 7) is 1.79. The second-order valence-electron chi connectivity index (χ2n) is 4.94. The Morgan fingerprint density at radius 1 is 1.08 bits per heavy atom. The van der Waals surface area contributed by atoms with E-state index in [1.54, 1.807) is 19.1 Å². The highest BCUT2D eigenvalue weighted by molar-refractivity contribution is 9.10. The smallest absolute Gasteiger partial charge is 0.426 e. The number of hydrogen-bond donors (Lipinski definition) is 3. The van der Waals surface area contributed by atoms with Crippen molar-refractivity contribution in [3.63, 3.8) is 0 Å². The minimum absolute atomic E-state index is 0.0829. The topological polar surface area (TPSA) is 114 Å². The van der Waals surface area contributed by atoms with E-state index in [1.807, 2.05) is 0 Å². The van der Waals surface area contributed by atoms with Gasteiger partial charge in [0, 0.05) is 15.7 Å². The molecule has 0 radical (unpaired) electrons. The van der Waals surface area contributed by atoms with E-state index in [0.29, 0.717) is 0 Å². The first-order chi connectivity index (χ1) is 12.3. The van der Waals surface area contributed by atoms with Crippen LogP contribution in [0.1, 0.15) is 17.3 Å². The molecule has 138 valence electrons. The molecule has 3 N–H and O–H groups in total. The number of hydrazine groups is 1. The van der Waals surface area contributed by atoms with Gasteiger partial charge in [-0.25, -0.2) is 18.6 Å². The monoisotopic (exact) mass is 441 g/mol. The number of ether oxygens (including phenoxy) is 1. The summed E-state index contributed by atoms with van der Waals surface area (Å²) in [6.07, 6.45) is -0.798. The molecule has 0 saturated carbocycles. The fourth-order valence-corrected chi connectivity index (χ4v) is 3.21. The normalized spacial score (nSPS) is 10.7. The Balaban J connectivity index is 2.10. The van der Waals surface area contributed by atoms with Crippen LogP contribution in [0.15, 0.2) is 57.9 Å². The third-order valence-corrected chi connectivity index (χ3v) is 4.98. The maximum absolute atomic E-state index is 12.4. The van der Waals surface area contributed by atoms with E-state index in [9.17, 15) is 18.0 Å². The second-order valence-corrected chi connectivity index (χ2v) is 7.54. The molecule has 2 aromatic carbocycles. The number of carbonyl (C=O) groups is 2. The van der Waals surface area contributed by atoms with Gasteiger partial charge in [0.05, 0.1) is 11.5 Å². The largest absolute Gasteiger partial charge is 0.449 e. The average Bonchev–Trinajstić information content (AvgIpc) is 2.60. The van der Waals surface area contributed by atoms with Crippen molar-refractivity contribution in [1.82, 2.24) is 10.9 Å². The Morgan fingerprint density at radius 3 is 2.42 bits per heavy atom. The van der Waals surface area contributed by atoms with Gasteiger partial charge in [-0.2, -0.15) is 0 Å². The molecular formula is C16H16BrN3O5S. The molecule has 10 heteroatoms. The van der Waals surface area contributed by atoms with Crippen molar-refractivity contribution in [3.8, 4) is 0 Å². The summed E-state index contributed by atoms with van der Waals surface area (Å²) < 4.78 is 32.5. The molecule has 0 heterocycles. The zero-order valence-electron chi connectivity index (χ0n) is 13.7. The quantitative estimate of drug-likeness (QED) is 0.617. The van der Waals surface area contributed by atoms with Crippen molar-refractivity contribution in [2.24, 2.45) is 0 Å². The van der Waals surface area contributed by atoms with Gasteiger partial charge in [-0.3, -0.25) is 14.9 Å². The molecule has 0 atom stereocenters. The first-order valence-electron chi connectivity index (χ1n) is 7.43. The molecule has 0 aliphatic carbocycles. The lowest BCUT2D eigenvalue weighted by Crippen LogP contribution is -2.41. The van der Waals surface area contributed by atoms with E-state index < -0.39 is 22.0 Å². The van der Waals surface area contributed by atoms with Crippen molar-refractivity contribution in [2.45, 2.75) is 11.8 Å². The van der Waals surface area contributed by atoms with Gasteiger partial charge in [0.1, 0.15) is 0 Å². The van der Waals surface area contributed by atoms with Crippen LogP contribution in [0, 0.1) is 0 Å². The summed E-state index contributed by atoms with van der Waals surface area (Å²) in [4.78, 5) is 23.3. The van der Waals surface area contributed by atoms with E-state index in [1.165, 1.54) is 36.4 Å². The van der Waals surface area contributed by atoms with Crippen LogP contribution in [0.3, 0.4) is 0 Å². The number of sulfonamides is 1. The fraction of sp³-hybridized carbons (Fsp3) is 0.125. The van der Waals surface area contributed by atoms with Gasteiger partial charge in [0.2, 0.25) is 0 Å². The number of nitrogens with one attached hydrogen (secondary N) is 3. The first-order valence-corrected chi connectivity index (χ1v) is 9.71. The van der Waals surface area contributed by atoms with Crippen LogP contribution in [0.5, 0.6) is 0 Å². The molecule has 0 aromatic heterocycles. The van der Waals surface area contributed by atoms with Crippen molar-refractivity contribution < 1.29 is 22.7 Å². The molecule has 0 unspecified atom stereocenters. The molecule has 0 aliphatic heterocycles. The number of rotatable bonds is 5. The maximum Gasteiger partial charge on any atom is 0.426 e. The van der Waals surface area contributed by atoms with E-state index in [2.05, 4.69) is 36.2 Å². The van der Waals surface area contributed by atoms with Crippen molar-refractivity contribution in [3.05, 3.63) is 58.6 Å². The van der Waals surface area contributed by atoms with Gasteiger partial charge >= 0.3 is 6.09 Å². The Hall–Kier alpha value is -2.59. The highest BCUT2D eigenvalue weighted by Crippen LogP contribution is 2.19. The van der Waals surface area contributed by atoms with Crippen LogP contribution < -0.4 is 15.6 Å². The lowest BCUT2D eigenvalue weighted by atomic mass is 10.2. The number of anilines is 1. The third-order valence-electron chi connectivity index (χ3n) is 3.05. The zero-order chi connectivity index (χ0) is 19.2. The maximum atomic E-state index is 12.4. The highest BCUT2D eigenvalue weighted by atomic mass is 79.9. The SMILES string of the molecule is CCOC(=O)NNC(=O)c1cccc(NS(=O)(=O)c2ccc(Br)cc2)c1. The molecular weight excluding hydrogens is 426 g/mol. The molecule has 0 bridgehead atoms. The van der Waals surface area contributed by atoms with Gasteiger partial charge in [0.25, 0.3) is 15.9 Å². The lowest BCUT2D eigenvalue weighted by Gasteiger charge is -2.10. The number of amides is 2. The molecule has 2 aromatic rings. The molecule has 2 rings (SSSR count). The van der Waals surface area contributed by atoms with E-state index in [4.69, 9.17) is 0 Å². The van der Waals surface area contributed by atoms with Crippen LogP contribution in [0.25, 0.3) is 0 Å². The summed E-state index contributed by atoms with van der Waals surface area (Å²) in [5, 5.41) is 0. The lowest BCUT2D eigenvalue weighted by molar-refractivity contribution is 0.0912. The van der Waals surface area contributed by atoms with Gasteiger partial charge in [0.15, 0.2) is 0 Å². The number of halogens is 1. The average molecular weight is 442 g/mol. The number of benzene rings is 2. The predicted molar refractivity (Wildman–Crippen MR) is 99.0 cm³/mol. The standard InChI is InChI=1S/C16H16BrN3O5S/c1-2-25-16(22)19-18-15(21)11-4-3-5-13(10-11)20-26(23,24)14-8-6-12(17)7-9-14/h3-10,20H,2H2,1H3,(H,18,21)(H,19,22).